The largest absolute Gasteiger partial charge is 0.482 e. The average molecular weight is 409 g/mol. The number of anilines is 1. The Morgan fingerprint density at radius 1 is 1.12 bits per heavy atom. The van der Waals surface area contributed by atoms with Gasteiger partial charge in [-0.2, -0.15) is 0 Å². The van der Waals surface area contributed by atoms with E-state index in [2.05, 4.69) is 21.2 Å². The van der Waals surface area contributed by atoms with Crippen molar-refractivity contribution in [3.8, 4) is 5.75 Å². The van der Waals surface area contributed by atoms with Crippen LogP contribution in [-0.2, 0) is 14.3 Å². The minimum atomic E-state index is -0.714. The van der Waals surface area contributed by atoms with Crippen molar-refractivity contribution in [2.75, 3.05) is 18.5 Å². The second-order valence-corrected chi connectivity index (χ2v) is 5.68. The summed E-state index contributed by atoms with van der Waals surface area (Å²) in [6, 6.07) is 12.3. The van der Waals surface area contributed by atoms with E-state index in [1.54, 1.807) is 18.2 Å². The molecule has 2 aromatic carbocycles. The first-order valence-electron chi connectivity index (χ1n) is 7.02. The quantitative estimate of drug-likeness (QED) is 0.428. The van der Waals surface area contributed by atoms with Crippen LogP contribution in [0.1, 0.15) is 0 Å². The molecule has 9 heteroatoms. The molecule has 1 amide bonds. The van der Waals surface area contributed by atoms with Crippen molar-refractivity contribution >= 4 is 39.2 Å². The van der Waals surface area contributed by atoms with Gasteiger partial charge >= 0.3 is 5.97 Å². The summed E-state index contributed by atoms with van der Waals surface area (Å²) >= 11 is 3.27. The van der Waals surface area contributed by atoms with Crippen LogP contribution in [0.3, 0.4) is 0 Å². The third kappa shape index (κ3) is 6.22. The monoisotopic (exact) mass is 408 g/mol. The zero-order chi connectivity index (χ0) is 18.2. The van der Waals surface area contributed by atoms with Crippen LogP contribution in [0, 0.1) is 10.1 Å². The molecule has 0 bridgehead atoms. The van der Waals surface area contributed by atoms with Crippen molar-refractivity contribution in [1.82, 2.24) is 0 Å². The lowest BCUT2D eigenvalue weighted by molar-refractivity contribution is -0.384. The summed E-state index contributed by atoms with van der Waals surface area (Å²) in [4.78, 5) is 33.4. The molecule has 25 heavy (non-hydrogen) atoms. The van der Waals surface area contributed by atoms with Crippen LogP contribution < -0.4 is 10.1 Å². The molecule has 0 aliphatic heterocycles. The van der Waals surface area contributed by atoms with Gasteiger partial charge in [0.2, 0.25) is 0 Å². The molecule has 2 aromatic rings. The maximum absolute atomic E-state index is 11.7. The number of esters is 1. The number of ether oxygens (including phenoxy) is 2. The lowest BCUT2D eigenvalue weighted by atomic mass is 10.3. The second-order valence-electron chi connectivity index (χ2n) is 4.76. The predicted molar refractivity (Wildman–Crippen MR) is 92.3 cm³/mol. The fraction of sp³-hybridized carbons (Fsp3) is 0.125. The molecule has 0 radical (unpaired) electrons. The number of benzene rings is 2. The van der Waals surface area contributed by atoms with Gasteiger partial charge in [-0.1, -0.05) is 28.1 Å². The first-order chi connectivity index (χ1) is 11.9. The second kappa shape index (κ2) is 8.78. The van der Waals surface area contributed by atoms with E-state index in [1.165, 1.54) is 24.3 Å². The maximum atomic E-state index is 11.7. The van der Waals surface area contributed by atoms with E-state index in [0.29, 0.717) is 5.75 Å². The number of carbonyl (C=O) groups is 2. The number of nitrogens with one attached hydrogen (secondary N) is 1. The fourth-order valence-corrected chi connectivity index (χ4v) is 2.16. The first kappa shape index (κ1) is 18.4. The summed E-state index contributed by atoms with van der Waals surface area (Å²) in [6.45, 7) is -0.871. The van der Waals surface area contributed by atoms with Crippen molar-refractivity contribution in [2.24, 2.45) is 0 Å². The lowest BCUT2D eigenvalue weighted by Gasteiger charge is -2.08. The van der Waals surface area contributed by atoms with E-state index in [0.717, 1.165) is 4.47 Å². The number of rotatable bonds is 7. The van der Waals surface area contributed by atoms with E-state index in [4.69, 9.17) is 9.47 Å². The number of amides is 1. The van der Waals surface area contributed by atoms with Gasteiger partial charge in [-0.15, -0.1) is 0 Å². The van der Waals surface area contributed by atoms with Crippen LogP contribution in [0.2, 0.25) is 0 Å². The Morgan fingerprint density at radius 3 is 2.60 bits per heavy atom. The third-order valence-corrected chi connectivity index (χ3v) is 3.35. The molecule has 2 rings (SSSR count). The topological polar surface area (TPSA) is 108 Å². The molecular weight excluding hydrogens is 396 g/mol. The summed E-state index contributed by atoms with van der Waals surface area (Å²) in [7, 11) is 0. The molecule has 1 N–H and O–H groups in total. The Labute approximate surface area is 151 Å². The normalized spacial score (nSPS) is 9.96. The molecule has 130 valence electrons. The van der Waals surface area contributed by atoms with Crippen LogP contribution in [0.15, 0.2) is 53.0 Å². The number of carbonyl (C=O) groups excluding carboxylic acids is 2. The van der Waals surface area contributed by atoms with Crippen LogP contribution in [0.5, 0.6) is 5.75 Å². The van der Waals surface area contributed by atoms with E-state index < -0.39 is 23.4 Å². The summed E-state index contributed by atoms with van der Waals surface area (Å²) in [5.74, 6) is -0.849. The highest BCUT2D eigenvalue weighted by Crippen LogP contribution is 2.18. The molecule has 0 spiro atoms. The molecule has 0 aromatic heterocycles. The Bertz CT molecular complexity index is 796. The Hall–Kier alpha value is -2.94. The molecule has 0 aliphatic carbocycles. The van der Waals surface area contributed by atoms with Crippen molar-refractivity contribution in [2.45, 2.75) is 0 Å². The van der Waals surface area contributed by atoms with Gasteiger partial charge in [-0.3, -0.25) is 14.9 Å². The summed E-state index contributed by atoms with van der Waals surface area (Å²) in [6.07, 6.45) is 0. The highest BCUT2D eigenvalue weighted by atomic mass is 79.9. The van der Waals surface area contributed by atoms with Gasteiger partial charge in [0.05, 0.1) is 4.92 Å². The van der Waals surface area contributed by atoms with Gasteiger partial charge < -0.3 is 14.8 Å². The SMILES string of the molecule is O=C(COC(=O)COc1cccc(Br)c1)Nc1cccc([N+](=O)[O-])c1. The van der Waals surface area contributed by atoms with Crippen molar-refractivity contribution in [3.05, 3.63) is 63.1 Å². The molecule has 0 heterocycles. The summed E-state index contributed by atoms with van der Waals surface area (Å²) in [5.41, 5.74) is 0.0813. The first-order valence-corrected chi connectivity index (χ1v) is 7.81. The van der Waals surface area contributed by atoms with Crippen LogP contribution >= 0.6 is 15.9 Å². The Morgan fingerprint density at radius 2 is 1.88 bits per heavy atom. The van der Waals surface area contributed by atoms with E-state index in [1.807, 2.05) is 6.07 Å². The van der Waals surface area contributed by atoms with E-state index in [9.17, 15) is 19.7 Å². The molecule has 0 aliphatic rings. The van der Waals surface area contributed by atoms with Gasteiger partial charge in [0.25, 0.3) is 11.6 Å². The average Bonchev–Trinajstić information content (AvgIpc) is 2.58. The van der Waals surface area contributed by atoms with E-state index >= 15 is 0 Å². The minimum Gasteiger partial charge on any atom is -0.482 e. The van der Waals surface area contributed by atoms with Gasteiger partial charge in [0, 0.05) is 22.3 Å². The number of nitro groups is 1. The number of non-ortho nitro benzene ring substituents is 1. The highest BCUT2D eigenvalue weighted by Gasteiger charge is 2.11. The van der Waals surface area contributed by atoms with Gasteiger partial charge in [0.15, 0.2) is 13.2 Å². The molecule has 0 saturated heterocycles. The number of hydrogen-bond acceptors (Lipinski definition) is 6. The van der Waals surface area contributed by atoms with E-state index in [-0.39, 0.29) is 18.0 Å². The maximum Gasteiger partial charge on any atom is 0.344 e. The van der Waals surface area contributed by atoms with Crippen LogP contribution in [-0.4, -0.2) is 30.0 Å². The fourth-order valence-electron chi connectivity index (χ4n) is 1.78. The molecule has 0 saturated carbocycles. The van der Waals surface area contributed by atoms with Crippen LogP contribution in [0.25, 0.3) is 0 Å². The number of hydrogen-bond donors (Lipinski definition) is 1. The van der Waals surface area contributed by atoms with Gasteiger partial charge in [-0.05, 0) is 24.3 Å². The molecule has 8 nitrogen and oxygen atoms in total. The minimum absolute atomic E-state index is 0.155. The van der Waals surface area contributed by atoms with Crippen molar-refractivity contribution in [3.63, 3.8) is 0 Å². The molecule has 0 fully saturated rings. The Kier molecular flexibility index (Phi) is 6.47. The third-order valence-electron chi connectivity index (χ3n) is 2.86. The number of halogens is 1. The zero-order valence-electron chi connectivity index (χ0n) is 12.8. The zero-order valence-corrected chi connectivity index (χ0v) is 14.4. The highest BCUT2D eigenvalue weighted by molar-refractivity contribution is 9.10. The van der Waals surface area contributed by atoms with Gasteiger partial charge in [-0.25, -0.2) is 4.79 Å². The summed E-state index contributed by atoms with van der Waals surface area (Å²) < 4.78 is 10.8. The van der Waals surface area contributed by atoms with Crippen LogP contribution in [0.4, 0.5) is 11.4 Å². The van der Waals surface area contributed by atoms with Crippen molar-refractivity contribution in [1.29, 1.82) is 0 Å². The predicted octanol–water partition coefficient (Wildman–Crippen LogP) is 2.92. The molecular formula is C16H13BrN2O6. The number of nitrogens with zero attached hydrogens (tertiary/aromatic N) is 1. The smallest absolute Gasteiger partial charge is 0.344 e. The molecule has 0 unspecified atom stereocenters. The molecule has 0 atom stereocenters. The lowest BCUT2D eigenvalue weighted by Crippen LogP contribution is -2.23. The Balaban J connectivity index is 1.76. The number of nitro benzene ring substituents is 1. The standard InChI is InChI=1S/C16H13BrN2O6/c17-11-3-1-6-14(7-11)24-10-16(21)25-9-15(20)18-12-4-2-5-13(8-12)19(22)23/h1-8H,9-10H2,(H,18,20). The summed E-state index contributed by atoms with van der Waals surface area (Å²) in [5, 5.41) is 13.1. The van der Waals surface area contributed by atoms with Gasteiger partial charge in [0.1, 0.15) is 5.75 Å². The van der Waals surface area contributed by atoms with Crippen molar-refractivity contribution < 1.29 is 24.0 Å².